The van der Waals surface area contributed by atoms with Gasteiger partial charge in [-0.05, 0) is 30.4 Å². The lowest BCUT2D eigenvalue weighted by molar-refractivity contribution is -0.122. The van der Waals surface area contributed by atoms with E-state index in [1.165, 1.54) is 11.3 Å². The van der Waals surface area contributed by atoms with E-state index in [-0.39, 0.29) is 24.2 Å². The highest BCUT2D eigenvalue weighted by Crippen LogP contribution is 2.33. The summed E-state index contributed by atoms with van der Waals surface area (Å²) in [6.45, 7) is 6.69. The smallest absolute Gasteiger partial charge is 0.231 e. The highest BCUT2D eigenvalue weighted by molar-refractivity contribution is 7.15. The Hall–Kier alpha value is -2.28. The summed E-state index contributed by atoms with van der Waals surface area (Å²) in [6, 6.07) is 7.97. The van der Waals surface area contributed by atoms with Crippen molar-refractivity contribution in [2.24, 2.45) is 5.92 Å². The van der Waals surface area contributed by atoms with Gasteiger partial charge in [0.25, 0.3) is 0 Å². The van der Waals surface area contributed by atoms with Gasteiger partial charge in [0.1, 0.15) is 5.01 Å². The van der Waals surface area contributed by atoms with Crippen molar-refractivity contribution in [1.82, 2.24) is 10.2 Å². The molecule has 1 aromatic carbocycles. The number of carbonyl (C=O) groups is 2. The van der Waals surface area contributed by atoms with Gasteiger partial charge in [0.2, 0.25) is 16.9 Å². The number of nitrogens with zero attached hydrogens (tertiary/aromatic N) is 3. The molecule has 26 heavy (non-hydrogen) atoms. The van der Waals surface area contributed by atoms with E-state index in [9.17, 15) is 9.59 Å². The number of aryl methyl sites for hydroxylation is 1. The molecule has 0 unspecified atom stereocenters. The fourth-order valence-corrected chi connectivity index (χ4v) is 3.82. The minimum atomic E-state index is -0.374. The third kappa shape index (κ3) is 3.77. The second kappa shape index (κ2) is 7.95. The maximum atomic E-state index is 12.6. The van der Waals surface area contributed by atoms with Crippen molar-refractivity contribution in [3.63, 3.8) is 0 Å². The Kier molecular flexibility index (Phi) is 5.66. The molecule has 1 aliphatic rings. The summed E-state index contributed by atoms with van der Waals surface area (Å²) < 4.78 is 0. The molecule has 1 saturated heterocycles. The van der Waals surface area contributed by atoms with Crippen LogP contribution in [0, 0.1) is 5.92 Å². The maximum absolute atomic E-state index is 12.6. The number of para-hydroxylation sites is 1. The van der Waals surface area contributed by atoms with Crippen LogP contribution >= 0.6 is 11.3 Å². The molecule has 0 radical (unpaired) electrons. The molecule has 3 rings (SSSR count). The molecule has 138 valence electrons. The Morgan fingerprint density at radius 1 is 1.35 bits per heavy atom. The molecule has 0 spiro atoms. The van der Waals surface area contributed by atoms with Gasteiger partial charge in [0.05, 0.1) is 5.92 Å². The van der Waals surface area contributed by atoms with Crippen LogP contribution in [0.1, 0.15) is 50.1 Å². The van der Waals surface area contributed by atoms with Crippen molar-refractivity contribution < 1.29 is 9.59 Å². The number of carbonyl (C=O) groups excluding carboxylic acids is 2. The van der Waals surface area contributed by atoms with Gasteiger partial charge in [-0.1, -0.05) is 50.3 Å². The summed E-state index contributed by atoms with van der Waals surface area (Å²) in [5.41, 5.74) is 2.08. The van der Waals surface area contributed by atoms with Crippen molar-refractivity contribution in [3.05, 3.63) is 34.8 Å². The van der Waals surface area contributed by atoms with E-state index < -0.39 is 0 Å². The zero-order chi connectivity index (χ0) is 18.7. The third-order valence-electron chi connectivity index (χ3n) is 4.87. The second-order valence-electron chi connectivity index (χ2n) is 6.62. The van der Waals surface area contributed by atoms with Crippen LogP contribution in [0.25, 0.3) is 0 Å². The first-order valence-corrected chi connectivity index (χ1v) is 9.87. The van der Waals surface area contributed by atoms with Crippen LogP contribution in [0.15, 0.2) is 24.3 Å². The second-order valence-corrected chi connectivity index (χ2v) is 7.68. The number of nitrogens with one attached hydrogen (secondary N) is 1. The van der Waals surface area contributed by atoms with Crippen molar-refractivity contribution >= 4 is 34.0 Å². The Morgan fingerprint density at radius 3 is 2.81 bits per heavy atom. The monoisotopic (exact) mass is 372 g/mol. The molecular weight excluding hydrogens is 348 g/mol. The van der Waals surface area contributed by atoms with E-state index >= 15 is 0 Å². The normalized spacial score (nSPS) is 18.2. The van der Waals surface area contributed by atoms with Crippen molar-refractivity contribution in [2.45, 2.75) is 46.0 Å². The molecule has 2 heterocycles. The summed E-state index contributed by atoms with van der Waals surface area (Å²) >= 11 is 1.37. The molecule has 1 aliphatic heterocycles. The van der Waals surface area contributed by atoms with Crippen LogP contribution in [-0.4, -0.2) is 28.6 Å². The van der Waals surface area contributed by atoms with E-state index in [0.717, 1.165) is 29.1 Å². The topological polar surface area (TPSA) is 75.2 Å². The number of hydrogen-bond donors (Lipinski definition) is 1. The molecule has 0 bridgehead atoms. The highest BCUT2D eigenvalue weighted by atomic mass is 32.1. The minimum absolute atomic E-state index is 0.00702. The summed E-state index contributed by atoms with van der Waals surface area (Å²) in [7, 11) is 0. The molecule has 0 saturated carbocycles. The Morgan fingerprint density at radius 2 is 2.12 bits per heavy atom. The van der Waals surface area contributed by atoms with E-state index in [1.807, 2.05) is 25.1 Å². The molecule has 2 amide bonds. The van der Waals surface area contributed by atoms with Gasteiger partial charge < -0.3 is 10.2 Å². The number of amides is 2. The standard InChI is InChI=1S/C19H24N4O2S/c1-4-12(3)14-8-6-7-9-15(14)23-11-13(10-17(23)24)18(25)20-19-22-21-16(5-2)26-19/h6-9,12-13H,4-5,10-11H2,1-3H3,(H,20,22,25)/t12-,13-/m1/s1. The number of benzene rings is 1. The largest absolute Gasteiger partial charge is 0.311 e. The zero-order valence-electron chi connectivity index (χ0n) is 15.4. The maximum Gasteiger partial charge on any atom is 0.231 e. The predicted octanol–water partition coefficient (Wildman–Crippen LogP) is 3.61. The minimum Gasteiger partial charge on any atom is -0.311 e. The van der Waals surface area contributed by atoms with Gasteiger partial charge in [-0.25, -0.2) is 0 Å². The summed E-state index contributed by atoms with van der Waals surface area (Å²) in [6.07, 6.45) is 2.01. The summed E-state index contributed by atoms with van der Waals surface area (Å²) in [5.74, 6) is -0.185. The van der Waals surface area contributed by atoms with Crippen molar-refractivity contribution in [1.29, 1.82) is 0 Å². The zero-order valence-corrected chi connectivity index (χ0v) is 16.2. The molecule has 1 aromatic heterocycles. The van der Waals surface area contributed by atoms with Gasteiger partial charge in [-0.2, -0.15) is 0 Å². The first-order valence-electron chi connectivity index (χ1n) is 9.06. The lowest BCUT2D eigenvalue weighted by Gasteiger charge is -2.23. The van der Waals surface area contributed by atoms with Crippen molar-refractivity contribution in [2.75, 3.05) is 16.8 Å². The van der Waals surface area contributed by atoms with E-state index in [1.54, 1.807) is 4.90 Å². The highest BCUT2D eigenvalue weighted by Gasteiger charge is 2.36. The van der Waals surface area contributed by atoms with Crippen LogP contribution in [0.4, 0.5) is 10.8 Å². The van der Waals surface area contributed by atoms with Gasteiger partial charge in [-0.15, -0.1) is 10.2 Å². The fraction of sp³-hybridized carbons (Fsp3) is 0.474. The average molecular weight is 372 g/mol. The average Bonchev–Trinajstić information content (AvgIpc) is 3.27. The number of hydrogen-bond acceptors (Lipinski definition) is 5. The molecule has 6 nitrogen and oxygen atoms in total. The fourth-order valence-electron chi connectivity index (χ4n) is 3.14. The number of aromatic nitrogens is 2. The van der Waals surface area contributed by atoms with Crippen LogP contribution in [0.3, 0.4) is 0 Å². The molecular formula is C19H24N4O2S. The van der Waals surface area contributed by atoms with Crippen LogP contribution < -0.4 is 10.2 Å². The van der Waals surface area contributed by atoms with Crippen LogP contribution in [0.2, 0.25) is 0 Å². The Bertz CT molecular complexity index is 804. The van der Waals surface area contributed by atoms with Gasteiger partial charge in [0.15, 0.2) is 0 Å². The van der Waals surface area contributed by atoms with Crippen LogP contribution in [0.5, 0.6) is 0 Å². The SMILES string of the molecule is CCc1nnc(NC(=O)[C@@H]2CC(=O)N(c3ccccc3[C@H](C)CC)C2)s1. The Balaban J connectivity index is 1.73. The predicted molar refractivity (Wildman–Crippen MR) is 104 cm³/mol. The molecule has 7 heteroatoms. The molecule has 2 aromatic rings. The summed E-state index contributed by atoms with van der Waals surface area (Å²) in [5, 5.41) is 12.2. The number of anilines is 2. The molecule has 0 aliphatic carbocycles. The van der Waals surface area contributed by atoms with Crippen LogP contribution in [-0.2, 0) is 16.0 Å². The van der Waals surface area contributed by atoms with E-state index in [4.69, 9.17) is 0 Å². The van der Waals surface area contributed by atoms with Crippen molar-refractivity contribution in [3.8, 4) is 0 Å². The van der Waals surface area contributed by atoms with E-state index in [0.29, 0.717) is 17.6 Å². The number of rotatable bonds is 6. The van der Waals surface area contributed by atoms with E-state index in [2.05, 4.69) is 35.4 Å². The third-order valence-corrected chi connectivity index (χ3v) is 5.85. The summed E-state index contributed by atoms with van der Waals surface area (Å²) in [4.78, 5) is 26.9. The quantitative estimate of drug-likeness (QED) is 0.840. The molecule has 1 fully saturated rings. The van der Waals surface area contributed by atoms with Gasteiger partial charge in [-0.3, -0.25) is 9.59 Å². The lowest BCUT2D eigenvalue weighted by Crippen LogP contribution is -2.29. The lowest BCUT2D eigenvalue weighted by atomic mass is 9.96. The van der Waals surface area contributed by atoms with Gasteiger partial charge >= 0.3 is 0 Å². The molecule has 1 N–H and O–H groups in total. The Labute approximate surface area is 157 Å². The first-order chi connectivity index (χ1) is 12.5. The first kappa shape index (κ1) is 18.5. The molecule has 2 atom stereocenters. The van der Waals surface area contributed by atoms with Gasteiger partial charge in [0, 0.05) is 18.7 Å².